The molecule has 3 aromatic carbocycles. The van der Waals surface area contributed by atoms with Crippen LogP contribution in [0.4, 0.5) is 32.0 Å². The predicted molar refractivity (Wildman–Crippen MR) is 136 cm³/mol. The van der Waals surface area contributed by atoms with Gasteiger partial charge in [0.05, 0.1) is 17.7 Å². The van der Waals surface area contributed by atoms with Crippen molar-refractivity contribution in [3.8, 4) is 0 Å². The van der Waals surface area contributed by atoms with Crippen LogP contribution < -0.4 is 5.32 Å². The minimum Gasteiger partial charge on any atom is -0.383 e. The number of hydrogen-bond acceptors (Lipinski definition) is 3. The van der Waals surface area contributed by atoms with Crippen LogP contribution >= 0.6 is 0 Å². The van der Waals surface area contributed by atoms with Crippen molar-refractivity contribution in [3.63, 3.8) is 0 Å². The number of amides is 1. The molecule has 39 heavy (non-hydrogen) atoms. The number of halogens is 6. The second-order valence-corrected chi connectivity index (χ2v) is 9.50. The summed E-state index contributed by atoms with van der Waals surface area (Å²) in [6.07, 6.45) is -9.58. The van der Waals surface area contributed by atoms with Crippen molar-refractivity contribution in [1.29, 1.82) is 0 Å². The fraction of sp³-hybridized carbons (Fsp3) is 0.345. The molecule has 0 radical (unpaired) electrons. The Morgan fingerprint density at radius 2 is 1.51 bits per heavy atom. The van der Waals surface area contributed by atoms with Crippen molar-refractivity contribution in [2.75, 3.05) is 38.7 Å². The Balaban J connectivity index is 1.65. The fourth-order valence-corrected chi connectivity index (χ4v) is 5.01. The lowest BCUT2D eigenvalue weighted by molar-refractivity contribution is -0.143. The standard InChI is InChI=1S/C29H28F6N2O2/c1-39-13-11-36-24-9-5-8-20(16-24)25-10-12-37(18-26(25)19-6-3-2-4-7-19)27(38)21-14-22(28(30,31)32)17-23(15-21)29(33,34)35/h2-9,14-17,25-26,36H,10-13,18H2,1H3/t25-,26+/m1/s1. The lowest BCUT2D eigenvalue weighted by Crippen LogP contribution is -2.42. The Bertz CT molecular complexity index is 1240. The van der Waals surface area contributed by atoms with E-state index < -0.39 is 35.0 Å². The fourth-order valence-electron chi connectivity index (χ4n) is 5.01. The van der Waals surface area contributed by atoms with Gasteiger partial charge in [0, 0.05) is 43.9 Å². The molecule has 10 heteroatoms. The molecular weight excluding hydrogens is 522 g/mol. The van der Waals surface area contributed by atoms with Crippen molar-refractivity contribution in [2.45, 2.75) is 30.6 Å². The van der Waals surface area contributed by atoms with E-state index in [0.717, 1.165) is 16.8 Å². The average Bonchev–Trinajstić information content (AvgIpc) is 2.92. The molecule has 0 aliphatic carbocycles. The van der Waals surface area contributed by atoms with E-state index in [1.54, 1.807) is 7.11 Å². The van der Waals surface area contributed by atoms with Crippen LogP contribution in [-0.2, 0) is 17.1 Å². The van der Waals surface area contributed by atoms with Gasteiger partial charge in [-0.3, -0.25) is 4.79 Å². The Kier molecular flexibility index (Phi) is 8.54. The highest BCUT2D eigenvalue weighted by Gasteiger charge is 2.39. The van der Waals surface area contributed by atoms with Crippen LogP contribution in [0, 0.1) is 0 Å². The normalized spacial score (nSPS) is 18.2. The minimum atomic E-state index is -5.03. The molecule has 1 saturated heterocycles. The van der Waals surface area contributed by atoms with E-state index in [1.165, 1.54) is 4.90 Å². The molecule has 0 saturated carbocycles. The molecule has 0 bridgehead atoms. The van der Waals surface area contributed by atoms with Gasteiger partial charge < -0.3 is 15.0 Å². The zero-order valence-electron chi connectivity index (χ0n) is 21.1. The number of carbonyl (C=O) groups excluding carboxylic acids is 1. The lowest BCUT2D eigenvalue weighted by Gasteiger charge is -2.39. The van der Waals surface area contributed by atoms with Gasteiger partial charge in [-0.05, 0) is 53.8 Å². The number of alkyl halides is 6. The van der Waals surface area contributed by atoms with Gasteiger partial charge >= 0.3 is 12.4 Å². The third kappa shape index (κ3) is 6.92. The highest BCUT2D eigenvalue weighted by atomic mass is 19.4. The first-order chi connectivity index (χ1) is 18.5. The number of methoxy groups -OCH3 is 1. The van der Waals surface area contributed by atoms with E-state index in [0.29, 0.717) is 31.7 Å². The maximum absolute atomic E-state index is 13.4. The van der Waals surface area contributed by atoms with E-state index in [1.807, 2.05) is 54.6 Å². The number of likely N-dealkylation sites (tertiary alicyclic amines) is 1. The van der Waals surface area contributed by atoms with E-state index >= 15 is 0 Å². The molecule has 1 aliphatic heterocycles. The van der Waals surface area contributed by atoms with Crippen molar-refractivity contribution < 1.29 is 35.9 Å². The quantitative estimate of drug-likeness (QED) is 0.250. The van der Waals surface area contributed by atoms with Gasteiger partial charge in [0.1, 0.15) is 0 Å². The van der Waals surface area contributed by atoms with E-state index in [9.17, 15) is 31.1 Å². The van der Waals surface area contributed by atoms with Gasteiger partial charge in [-0.25, -0.2) is 0 Å². The molecule has 4 nitrogen and oxygen atoms in total. The first-order valence-corrected chi connectivity index (χ1v) is 12.4. The molecule has 208 valence electrons. The molecule has 2 atom stereocenters. The zero-order valence-corrected chi connectivity index (χ0v) is 21.1. The molecule has 0 unspecified atom stereocenters. The Labute approximate surface area is 222 Å². The summed E-state index contributed by atoms with van der Waals surface area (Å²) in [5, 5.41) is 3.29. The van der Waals surface area contributed by atoms with Crippen LogP contribution in [0.1, 0.15) is 50.9 Å². The number of benzene rings is 3. The summed E-state index contributed by atoms with van der Waals surface area (Å²) in [4.78, 5) is 14.7. The summed E-state index contributed by atoms with van der Waals surface area (Å²) in [6, 6.07) is 18.3. The number of anilines is 1. The van der Waals surface area contributed by atoms with Gasteiger partial charge in [0.25, 0.3) is 5.91 Å². The molecule has 1 heterocycles. The second kappa shape index (κ2) is 11.7. The summed E-state index contributed by atoms with van der Waals surface area (Å²) in [5.41, 5.74) is -0.791. The summed E-state index contributed by atoms with van der Waals surface area (Å²) in [7, 11) is 1.61. The Hall–Kier alpha value is -3.53. The molecule has 1 fully saturated rings. The number of ether oxygens (including phenoxy) is 1. The SMILES string of the molecule is COCCNc1cccc([C@H]2CCN(C(=O)c3cc(C(F)(F)F)cc(C(F)(F)F)c3)C[C@H]2c2ccccc2)c1. The number of nitrogens with one attached hydrogen (secondary N) is 1. The molecule has 3 aromatic rings. The molecule has 1 aliphatic rings. The number of piperidine rings is 1. The van der Waals surface area contributed by atoms with Crippen LogP contribution in [0.25, 0.3) is 0 Å². The highest BCUT2D eigenvalue weighted by molar-refractivity contribution is 5.95. The zero-order chi connectivity index (χ0) is 28.2. The largest absolute Gasteiger partial charge is 0.416 e. The lowest BCUT2D eigenvalue weighted by atomic mass is 9.76. The van der Waals surface area contributed by atoms with Crippen molar-refractivity contribution >= 4 is 11.6 Å². The number of rotatable bonds is 7. The molecule has 1 amide bonds. The Morgan fingerprint density at radius 3 is 2.13 bits per heavy atom. The first kappa shape index (κ1) is 28.5. The maximum atomic E-state index is 13.4. The third-order valence-electron chi connectivity index (χ3n) is 6.91. The van der Waals surface area contributed by atoms with Crippen molar-refractivity contribution in [2.24, 2.45) is 0 Å². The monoisotopic (exact) mass is 550 g/mol. The molecule has 0 aromatic heterocycles. The second-order valence-electron chi connectivity index (χ2n) is 9.50. The van der Waals surface area contributed by atoms with Gasteiger partial charge in [-0.15, -0.1) is 0 Å². The molecule has 4 rings (SSSR count). The summed E-state index contributed by atoms with van der Waals surface area (Å²) < 4.78 is 85.4. The van der Waals surface area contributed by atoms with Gasteiger partial charge in [-0.2, -0.15) is 26.3 Å². The van der Waals surface area contributed by atoms with Crippen LogP contribution in [0.5, 0.6) is 0 Å². The highest BCUT2D eigenvalue weighted by Crippen LogP contribution is 2.41. The van der Waals surface area contributed by atoms with Gasteiger partial charge in [0.15, 0.2) is 0 Å². The van der Waals surface area contributed by atoms with E-state index in [2.05, 4.69) is 5.32 Å². The van der Waals surface area contributed by atoms with Crippen molar-refractivity contribution in [3.05, 3.63) is 101 Å². The van der Waals surface area contributed by atoms with Crippen molar-refractivity contribution in [1.82, 2.24) is 4.90 Å². The minimum absolute atomic E-state index is 0.0205. The van der Waals surface area contributed by atoms with E-state index in [4.69, 9.17) is 4.74 Å². The third-order valence-corrected chi connectivity index (χ3v) is 6.91. The molecule has 0 spiro atoms. The average molecular weight is 551 g/mol. The topological polar surface area (TPSA) is 41.6 Å². The van der Waals surface area contributed by atoms with Gasteiger partial charge in [0.2, 0.25) is 0 Å². The van der Waals surface area contributed by atoms with Crippen LogP contribution in [-0.4, -0.2) is 44.2 Å². The van der Waals surface area contributed by atoms with E-state index in [-0.39, 0.29) is 31.0 Å². The Morgan fingerprint density at radius 1 is 0.872 bits per heavy atom. The summed E-state index contributed by atoms with van der Waals surface area (Å²) >= 11 is 0. The number of nitrogens with zero attached hydrogens (tertiary/aromatic N) is 1. The molecule has 1 N–H and O–H groups in total. The summed E-state index contributed by atoms with van der Waals surface area (Å²) in [6.45, 7) is 1.48. The van der Waals surface area contributed by atoms with Crippen LogP contribution in [0.3, 0.4) is 0 Å². The maximum Gasteiger partial charge on any atom is 0.416 e. The number of carbonyl (C=O) groups is 1. The first-order valence-electron chi connectivity index (χ1n) is 12.4. The smallest absolute Gasteiger partial charge is 0.383 e. The van der Waals surface area contributed by atoms with Crippen LogP contribution in [0.15, 0.2) is 72.8 Å². The number of hydrogen-bond donors (Lipinski definition) is 1. The van der Waals surface area contributed by atoms with Gasteiger partial charge in [-0.1, -0.05) is 42.5 Å². The molecular formula is C29H28F6N2O2. The predicted octanol–water partition coefficient (Wildman–Crippen LogP) is 7.20. The van der Waals surface area contributed by atoms with Crippen LogP contribution in [0.2, 0.25) is 0 Å². The summed E-state index contributed by atoms with van der Waals surface area (Å²) in [5.74, 6) is -1.10.